The third-order valence-electron chi connectivity index (χ3n) is 4.00. The third kappa shape index (κ3) is 5.42. The maximum atomic E-state index is 4.71. The number of rotatable bonds is 8. The first-order valence-electron chi connectivity index (χ1n) is 8.05. The molecule has 1 aliphatic carbocycles. The quantitative estimate of drug-likeness (QED) is 0.564. The van der Waals surface area contributed by atoms with Crippen molar-refractivity contribution in [1.82, 2.24) is 20.1 Å². The normalized spacial score (nSPS) is 17.0. The van der Waals surface area contributed by atoms with Gasteiger partial charge in [-0.2, -0.15) is 0 Å². The van der Waals surface area contributed by atoms with Crippen molar-refractivity contribution in [3.05, 3.63) is 24.5 Å². The summed E-state index contributed by atoms with van der Waals surface area (Å²) in [5, 5.41) is 6.71. The summed E-state index contributed by atoms with van der Waals surface area (Å²) in [6, 6.07) is 5.39. The number of aliphatic imine (C=N–C) groups is 1. The third-order valence-corrected chi connectivity index (χ3v) is 4.00. The molecule has 5 heteroatoms. The standard InChI is InChI=1S/C16H29N5/c1-4-17-16(18-9-12-21-10-5-6-11-21)19-13-14(2)20(3)15-7-8-15/h5-6,10-11,14-15H,4,7-9,12-13H2,1-3H3,(H2,17,18,19). The minimum Gasteiger partial charge on any atom is -0.357 e. The van der Waals surface area contributed by atoms with Crippen LogP contribution in [0.1, 0.15) is 26.7 Å². The molecule has 5 nitrogen and oxygen atoms in total. The van der Waals surface area contributed by atoms with E-state index in [-0.39, 0.29) is 0 Å². The number of likely N-dealkylation sites (N-methyl/N-ethyl adjacent to an activating group) is 1. The molecule has 0 spiro atoms. The molecule has 0 amide bonds. The van der Waals surface area contributed by atoms with Gasteiger partial charge in [0.15, 0.2) is 5.96 Å². The molecule has 1 aromatic heterocycles. The number of hydrogen-bond donors (Lipinski definition) is 2. The van der Waals surface area contributed by atoms with Gasteiger partial charge in [-0.1, -0.05) is 0 Å². The van der Waals surface area contributed by atoms with Crippen LogP contribution in [-0.2, 0) is 6.54 Å². The van der Waals surface area contributed by atoms with Gasteiger partial charge >= 0.3 is 0 Å². The molecule has 0 bridgehead atoms. The summed E-state index contributed by atoms with van der Waals surface area (Å²) in [6.45, 7) is 7.92. The lowest BCUT2D eigenvalue weighted by Crippen LogP contribution is -2.40. The lowest BCUT2D eigenvalue weighted by Gasteiger charge is -2.23. The zero-order valence-corrected chi connectivity index (χ0v) is 13.5. The molecule has 21 heavy (non-hydrogen) atoms. The van der Waals surface area contributed by atoms with Gasteiger partial charge in [-0.3, -0.25) is 9.89 Å². The summed E-state index contributed by atoms with van der Waals surface area (Å²) in [5.74, 6) is 0.917. The van der Waals surface area contributed by atoms with Crippen LogP contribution in [0.25, 0.3) is 0 Å². The Morgan fingerprint density at radius 3 is 2.67 bits per heavy atom. The van der Waals surface area contributed by atoms with Crippen molar-refractivity contribution >= 4 is 5.96 Å². The predicted octanol–water partition coefficient (Wildman–Crippen LogP) is 1.53. The predicted molar refractivity (Wildman–Crippen MR) is 88.7 cm³/mol. The van der Waals surface area contributed by atoms with Crippen molar-refractivity contribution in [3.8, 4) is 0 Å². The summed E-state index contributed by atoms with van der Waals surface area (Å²) < 4.78 is 2.17. The van der Waals surface area contributed by atoms with E-state index in [0.29, 0.717) is 6.04 Å². The smallest absolute Gasteiger partial charge is 0.191 e. The van der Waals surface area contributed by atoms with Crippen molar-refractivity contribution in [2.45, 2.75) is 45.3 Å². The highest BCUT2D eigenvalue weighted by Crippen LogP contribution is 2.26. The van der Waals surface area contributed by atoms with Gasteiger partial charge < -0.3 is 15.2 Å². The zero-order valence-electron chi connectivity index (χ0n) is 13.5. The highest BCUT2D eigenvalue weighted by Gasteiger charge is 2.28. The Morgan fingerprint density at radius 1 is 1.33 bits per heavy atom. The molecule has 2 N–H and O–H groups in total. The SMILES string of the molecule is CCNC(=NCC(C)N(C)C1CC1)NCCn1cccc1. The number of nitrogens with one attached hydrogen (secondary N) is 2. The number of nitrogens with zero attached hydrogens (tertiary/aromatic N) is 3. The lowest BCUT2D eigenvalue weighted by molar-refractivity contribution is 0.253. The topological polar surface area (TPSA) is 44.6 Å². The first-order chi connectivity index (χ1) is 10.2. The first kappa shape index (κ1) is 15.9. The molecule has 0 saturated heterocycles. The van der Waals surface area contributed by atoms with Gasteiger partial charge in [0, 0.05) is 44.1 Å². The second-order valence-electron chi connectivity index (χ2n) is 5.81. The number of guanidine groups is 1. The molecule has 2 rings (SSSR count). The van der Waals surface area contributed by atoms with Crippen LogP contribution in [0.15, 0.2) is 29.5 Å². The fourth-order valence-electron chi connectivity index (χ4n) is 2.36. The van der Waals surface area contributed by atoms with Gasteiger partial charge in [0.1, 0.15) is 0 Å². The minimum atomic E-state index is 0.498. The van der Waals surface area contributed by atoms with Crippen LogP contribution in [0.4, 0.5) is 0 Å². The van der Waals surface area contributed by atoms with E-state index in [0.717, 1.165) is 38.2 Å². The van der Waals surface area contributed by atoms with Crippen molar-refractivity contribution in [2.24, 2.45) is 4.99 Å². The lowest BCUT2D eigenvalue weighted by atomic mass is 10.3. The molecule has 1 atom stereocenters. The molecule has 1 heterocycles. The maximum Gasteiger partial charge on any atom is 0.191 e. The van der Waals surface area contributed by atoms with Crippen LogP contribution in [0, 0.1) is 0 Å². The Bertz CT molecular complexity index is 422. The Balaban J connectivity index is 1.74. The Hall–Kier alpha value is -1.49. The highest BCUT2D eigenvalue weighted by atomic mass is 15.2. The van der Waals surface area contributed by atoms with E-state index >= 15 is 0 Å². The molecule has 1 unspecified atom stereocenters. The second-order valence-corrected chi connectivity index (χ2v) is 5.81. The molecule has 0 radical (unpaired) electrons. The van der Waals surface area contributed by atoms with Gasteiger partial charge in [0.05, 0.1) is 6.54 Å². The van der Waals surface area contributed by atoms with E-state index in [9.17, 15) is 0 Å². The van der Waals surface area contributed by atoms with Crippen LogP contribution >= 0.6 is 0 Å². The van der Waals surface area contributed by atoms with Crippen molar-refractivity contribution in [1.29, 1.82) is 0 Å². The van der Waals surface area contributed by atoms with Gasteiger partial charge in [-0.15, -0.1) is 0 Å². The molecular formula is C16H29N5. The highest BCUT2D eigenvalue weighted by molar-refractivity contribution is 5.79. The van der Waals surface area contributed by atoms with E-state index in [1.807, 2.05) is 0 Å². The van der Waals surface area contributed by atoms with Crippen LogP contribution < -0.4 is 10.6 Å². The minimum absolute atomic E-state index is 0.498. The average Bonchev–Trinajstić information content (AvgIpc) is 3.21. The Labute approximate surface area is 128 Å². The van der Waals surface area contributed by atoms with Crippen LogP contribution in [0.2, 0.25) is 0 Å². The molecular weight excluding hydrogens is 262 g/mol. The molecule has 0 aromatic carbocycles. The van der Waals surface area contributed by atoms with Gasteiger partial charge in [-0.25, -0.2) is 0 Å². The maximum absolute atomic E-state index is 4.71. The number of hydrogen-bond acceptors (Lipinski definition) is 2. The summed E-state index contributed by atoms with van der Waals surface area (Å²) in [4.78, 5) is 7.16. The fraction of sp³-hybridized carbons (Fsp3) is 0.688. The summed E-state index contributed by atoms with van der Waals surface area (Å²) in [5.41, 5.74) is 0. The van der Waals surface area contributed by atoms with Crippen molar-refractivity contribution < 1.29 is 0 Å². The van der Waals surface area contributed by atoms with Crippen molar-refractivity contribution in [2.75, 3.05) is 26.7 Å². The average molecular weight is 291 g/mol. The van der Waals surface area contributed by atoms with E-state index in [1.165, 1.54) is 12.8 Å². The van der Waals surface area contributed by atoms with Crippen molar-refractivity contribution in [3.63, 3.8) is 0 Å². The molecule has 1 fully saturated rings. The molecule has 1 aromatic rings. The molecule has 0 aliphatic heterocycles. The van der Waals surface area contributed by atoms with E-state index < -0.39 is 0 Å². The fourth-order valence-corrected chi connectivity index (χ4v) is 2.36. The number of aromatic nitrogens is 1. The summed E-state index contributed by atoms with van der Waals surface area (Å²) in [6.07, 6.45) is 6.86. The van der Waals surface area contributed by atoms with E-state index in [2.05, 4.69) is 65.5 Å². The van der Waals surface area contributed by atoms with Gasteiger partial charge in [-0.05, 0) is 45.9 Å². The molecule has 118 valence electrons. The summed E-state index contributed by atoms with van der Waals surface area (Å²) in [7, 11) is 2.21. The Kier molecular flexibility index (Phi) is 6.11. The van der Waals surface area contributed by atoms with Crippen LogP contribution in [0.5, 0.6) is 0 Å². The zero-order chi connectivity index (χ0) is 15.1. The monoisotopic (exact) mass is 291 g/mol. The largest absolute Gasteiger partial charge is 0.357 e. The van der Waals surface area contributed by atoms with Gasteiger partial charge in [0.2, 0.25) is 0 Å². The van der Waals surface area contributed by atoms with E-state index in [1.54, 1.807) is 0 Å². The first-order valence-corrected chi connectivity index (χ1v) is 8.05. The Morgan fingerprint density at radius 2 is 2.05 bits per heavy atom. The second kappa shape index (κ2) is 8.08. The van der Waals surface area contributed by atoms with E-state index in [4.69, 9.17) is 4.99 Å². The van der Waals surface area contributed by atoms with Crippen LogP contribution in [0.3, 0.4) is 0 Å². The molecule has 1 saturated carbocycles. The van der Waals surface area contributed by atoms with Crippen LogP contribution in [-0.4, -0.2) is 54.2 Å². The molecule has 1 aliphatic rings. The van der Waals surface area contributed by atoms with Gasteiger partial charge in [0.25, 0.3) is 0 Å². The summed E-state index contributed by atoms with van der Waals surface area (Å²) >= 11 is 0.